The van der Waals surface area contributed by atoms with E-state index in [1.807, 2.05) is 36.4 Å². The van der Waals surface area contributed by atoms with Crippen LogP contribution in [0.3, 0.4) is 0 Å². The molecular weight excluding hydrogens is 404 g/mol. The fraction of sp³-hybridized carbons (Fsp3) is 0.333. The lowest BCUT2D eigenvalue weighted by molar-refractivity contribution is 0.130. The van der Waals surface area contributed by atoms with E-state index in [-0.39, 0.29) is 22.1 Å². The summed E-state index contributed by atoms with van der Waals surface area (Å²) in [4.78, 5) is 3.56. The summed E-state index contributed by atoms with van der Waals surface area (Å²) < 4.78 is 17.7. The van der Waals surface area contributed by atoms with Crippen LogP contribution in [0.15, 0.2) is 87.5 Å². The van der Waals surface area contributed by atoms with Crippen LogP contribution in [-0.2, 0) is 10.9 Å². The Morgan fingerprint density at radius 2 is 1.00 bits per heavy atom. The molecule has 0 aliphatic carbocycles. The van der Waals surface area contributed by atoms with Gasteiger partial charge in [0.05, 0.1) is 7.11 Å². The van der Waals surface area contributed by atoms with Gasteiger partial charge in [0.2, 0.25) is 4.90 Å². The van der Waals surface area contributed by atoms with Gasteiger partial charge < -0.3 is 14.2 Å². The van der Waals surface area contributed by atoms with Gasteiger partial charge in [-0.25, -0.2) is 0 Å². The smallest absolute Gasteiger partial charge is 0.208 e. The molecule has 0 atom stereocenters. The Labute approximate surface area is 189 Å². The third-order valence-corrected chi connectivity index (χ3v) is 6.52. The van der Waals surface area contributed by atoms with E-state index in [0.29, 0.717) is 0 Å². The third kappa shape index (κ3) is 6.44. The van der Waals surface area contributed by atoms with Gasteiger partial charge in [-0.05, 0) is 102 Å². The molecule has 3 nitrogen and oxygen atoms in total. The molecule has 0 bridgehead atoms. The maximum atomic E-state index is 6.02. The van der Waals surface area contributed by atoms with E-state index in [4.69, 9.17) is 14.2 Å². The van der Waals surface area contributed by atoms with Gasteiger partial charge >= 0.3 is 0 Å². The van der Waals surface area contributed by atoms with E-state index in [1.165, 1.54) is 9.79 Å². The maximum absolute atomic E-state index is 6.02. The van der Waals surface area contributed by atoms with Gasteiger partial charge in [0, 0.05) is 0 Å². The standard InChI is InChI=1S/C27H33O3S/c1-26(2,3)29-20-12-16-22(17-13-20)31(25-11-9-8-10-24(25)28-7)23-18-14-21(15-19-23)30-27(4,5)6/h8-19H,1-7H3/q+1. The molecule has 0 fully saturated rings. The molecule has 4 heteroatoms. The molecule has 0 saturated carbocycles. The minimum Gasteiger partial charge on any atom is -0.491 e. The second-order valence-corrected chi connectivity index (χ2v) is 11.3. The molecule has 164 valence electrons. The normalized spacial score (nSPS) is 12.0. The fourth-order valence-electron chi connectivity index (χ4n) is 3.17. The Hall–Kier alpha value is -2.59. The van der Waals surface area contributed by atoms with Gasteiger partial charge in [0.1, 0.15) is 33.6 Å². The Morgan fingerprint density at radius 3 is 1.39 bits per heavy atom. The molecule has 0 amide bonds. The van der Waals surface area contributed by atoms with Crippen LogP contribution in [0.1, 0.15) is 41.5 Å². The lowest BCUT2D eigenvalue weighted by atomic mass is 10.2. The highest BCUT2D eigenvalue weighted by Gasteiger charge is 2.32. The fourth-order valence-corrected chi connectivity index (χ4v) is 5.34. The summed E-state index contributed by atoms with van der Waals surface area (Å²) in [6.07, 6.45) is 0. The van der Waals surface area contributed by atoms with E-state index in [2.05, 4.69) is 77.9 Å². The van der Waals surface area contributed by atoms with Crippen molar-refractivity contribution in [2.75, 3.05) is 7.11 Å². The first-order valence-electron chi connectivity index (χ1n) is 10.5. The maximum Gasteiger partial charge on any atom is 0.208 e. The van der Waals surface area contributed by atoms with Crippen molar-refractivity contribution in [3.8, 4) is 17.2 Å². The highest BCUT2D eigenvalue weighted by Crippen LogP contribution is 2.38. The molecule has 31 heavy (non-hydrogen) atoms. The summed E-state index contributed by atoms with van der Waals surface area (Å²) in [5, 5.41) is 0. The molecule has 0 radical (unpaired) electrons. The Morgan fingerprint density at radius 1 is 0.581 bits per heavy atom. The van der Waals surface area contributed by atoms with Crippen molar-refractivity contribution < 1.29 is 14.2 Å². The zero-order valence-corrected chi connectivity index (χ0v) is 20.4. The average Bonchev–Trinajstić information content (AvgIpc) is 2.69. The minimum atomic E-state index is -0.325. The lowest BCUT2D eigenvalue weighted by Gasteiger charge is -2.21. The highest BCUT2D eigenvalue weighted by atomic mass is 32.2. The van der Waals surface area contributed by atoms with E-state index >= 15 is 0 Å². The molecule has 3 rings (SSSR count). The van der Waals surface area contributed by atoms with E-state index in [1.54, 1.807) is 7.11 Å². The van der Waals surface area contributed by atoms with E-state index in [9.17, 15) is 0 Å². The molecule has 3 aromatic rings. The molecule has 0 N–H and O–H groups in total. The number of hydrogen-bond donors (Lipinski definition) is 0. The van der Waals surface area contributed by atoms with Crippen LogP contribution in [0.2, 0.25) is 0 Å². The van der Waals surface area contributed by atoms with Crippen molar-refractivity contribution in [2.24, 2.45) is 0 Å². The molecule has 0 aromatic heterocycles. The number of para-hydroxylation sites is 1. The lowest BCUT2D eigenvalue weighted by Crippen LogP contribution is -2.23. The van der Waals surface area contributed by atoms with Crippen molar-refractivity contribution in [1.29, 1.82) is 0 Å². The first-order chi connectivity index (χ1) is 14.6. The van der Waals surface area contributed by atoms with E-state index in [0.717, 1.165) is 22.1 Å². The average molecular weight is 438 g/mol. The summed E-state index contributed by atoms with van der Waals surface area (Å²) in [7, 11) is 1.40. The molecular formula is C27H33O3S+. The van der Waals surface area contributed by atoms with Gasteiger partial charge in [-0.15, -0.1) is 0 Å². The van der Waals surface area contributed by atoms with Crippen LogP contribution in [0.25, 0.3) is 0 Å². The van der Waals surface area contributed by atoms with Crippen LogP contribution in [0.5, 0.6) is 17.2 Å². The minimum absolute atomic E-state index is 0.227. The van der Waals surface area contributed by atoms with Crippen LogP contribution in [0.4, 0.5) is 0 Å². The quantitative estimate of drug-likeness (QED) is 0.383. The SMILES string of the molecule is COc1ccccc1[S+](c1ccc(OC(C)(C)C)cc1)c1ccc(OC(C)(C)C)cc1. The summed E-state index contributed by atoms with van der Waals surface area (Å²) in [5.74, 6) is 2.62. The monoisotopic (exact) mass is 437 g/mol. The predicted molar refractivity (Wildman–Crippen MR) is 129 cm³/mol. The van der Waals surface area contributed by atoms with Gasteiger partial charge in [-0.1, -0.05) is 12.1 Å². The number of rotatable bonds is 6. The summed E-state index contributed by atoms with van der Waals surface area (Å²) in [6, 6.07) is 25.0. The highest BCUT2D eigenvalue weighted by molar-refractivity contribution is 7.97. The zero-order chi connectivity index (χ0) is 22.6. The largest absolute Gasteiger partial charge is 0.491 e. The van der Waals surface area contributed by atoms with Crippen molar-refractivity contribution in [3.63, 3.8) is 0 Å². The second kappa shape index (κ2) is 9.27. The van der Waals surface area contributed by atoms with Gasteiger partial charge in [-0.3, -0.25) is 0 Å². The second-order valence-electron chi connectivity index (χ2n) is 9.33. The Kier molecular flexibility index (Phi) is 6.90. The third-order valence-electron chi connectivity index (χ3n) is 4.26. The molecule has 0 aliphatic rings. The van der Waals surface area contributed by atoms with Gasteiger partial charge in [0.25, 0.3) is 0 Å². The van der Waals surface area contributed by atoms with Crippen molar-refractivity contribution in [2.45, 2.75) is 67.4 Å². The number of ether oxygens (including phenoxy) is 3. The van der Waals surface area contributed by atoms with Crippen LogP contribution < -0.4 is 14.2 Å². The van der Waals surface area contributed by atoms with Crippen LogP contribution >= 0.6 is 0 Å². The van der Waals surface area contributed by atoms with Gasteiger partial charge in [0.15, 0.2) is 15.5 Å². The molecule has 0 saturated heterocycles. The Balaban J connectivity index is 2.02. The molecule has 0 aliphatic heterocycles. The summed E-state index contributed by atoms with van der Waals surface area (Å²) in [5.41, 5.74) is -0.455. The zero-order valence-electron chi connectivity index (χ0n) is 19.6. The topological polar surface area (TPSA) is 27.7 Å². The van der Waals surface area contributed by atoms with Crippen molar-refractivity contribution in [3.05, 3.63) is 72.8 Å². The predicted octanol–water partition coefficient (Wildman–Crippen LogP) is 7.15. The molecule has 3 aromatic carbocycles. The first-order valence-corrected chi connectivity index (χ1v) is 11.7. The van der Waals surface area contributed by atoms with Crippen molar-refractivity contribution in [1.82, 2.24) is 0 Å². The number of methoxy groups -OCH3 is 1. The van der Waals surface area contributed by atoms with E-state index < -0.39 is 0 Å². The van der Waals surface area contributed by atoms with Gasteiger partial charge in [-0.2, -0.15) is 0 Å². The summed E-state index contributed by atoms with van der Waals surface area (Å²) in [6.45, 7) is 12.3. The summed E-state index contributed by atoms with van der Waals surface area (Å²) >= 11 is 0. The van der Waals surface area contributed by atoms with Crippen LogP contribution in [-0.4, -0.2) is 18.3 Å². The van der Waals surface area contributed by atoms with Crippen molar-refractivity contribution >= 4 is 10.9 Å². The molecule has 0 heterocycles. The molecule has 0 unspecified atom stereocenters. The Bertz CT molecular complexity index is 921. The number of benzene rings is 3. The molecule has 0 spiro atoms. The van der Waals surface area contributed by atoms with Crippen LogP contribution in [0, 0.1) is 0 Å². The first kappa shape index (κ1) is 23.1. The number of hydrogen-bond acceptors (Lipinski definition) is 3.